The van der Waals surface area contributed by atoms with Crippen molar-refractivity contribution in [2.45, 2.75) is 19.8 Å². The van der Waals surface area contributed by atoms with Gasteiger partial charge in [0.1, 0.15) is 0 Å². The lowest BCUT2D eigenvalue weighted by molar-refractivity contribution is -0.143. The summed E-state index contributed by atoms with van der Waals surface area (Å²) in [4.78, 5) is 24.8. The van der Waals surface area contributed by atoms with Crippen molar-refractivity contribution >= 4 is 18.0 Å². The van der Waals surface area contributed by atoms with Gasteiger partial charge in [-0.25, -0.2) is 0 Å². The molecule has 0 bridgehead atoms. The van der Waals surface area contributed by atoms with E-state index in [1.165, 1.54) is 11.6 Å². The maximum absolute atomic E-state index is 11.8. The van der Waals surface area contributed by atoms with Gasteiger partial charge in [0.2, 0.25) is 5.91 Å². The molecule has 1 fully saturated rings. The number of carbonyl (C=O) groups excluding carboxylic acids is 1. The van der Waals surface area contributed by atoms with Crippen molar-refractivity contribution in [2.75, 3.05) is 19.8 Å². The Morgan fingerprint density at radius 1 is 1.36 bits per heavy atom. The number of nitrogens with one attached hydrogen (secondary N) is 1. The van der Waals surface area contributed by atoms with Crippen LogP contribution in [0, 0.1) is 12.8 Å². The molecule has 118 valence electrons. The van der Waals surface area contributed by atoms with Crippen LogP contribution in [0.1, 0.15) is 24.0 Å². The van der Waals surface area contributed by atoms with E-state index in [1.54, 1.807) is 6.08 Å². The summed E-state index contributed by atoms with van der Waals surface area (Å²) in [5, 5.41) is 11.8. The van der Waals surface area contributed by atoms with Crippen LogP contribution in [-0.2, 0) is 9.59 Å². The fourth-order valence-corrected chi connectivity index (χ4v) is 2.50. The molecule has 0 radical (unpaired) electrons. The molecule has 1 saturated heterocycles. The first-order chi connectivity index (χ1) is 10.5. The lowest BCUT2D eigenvalue weighted by Gasteiger charge is -2.30. The zero-order chi connectivity index (χ0) is 15.9. The Morgan fingerprint density at radius 3 is 2.77 bits per heavy atom. The Hall–Kier alpha value is -2.14. The normalized spacial score (nSPS) is 19.2. The first-order valence-electron chi connectivity index (χ1n) is 7.52. The van der Waals surface area contributed by atoms with Crippen LogP contribution in [0.3, 0.4) is 0 Å². The highest BCUT2D eigenvalue weighted by molar-refractivity contribution is 5.91. The van der Waals surface area contributed by atoms with Crippen LogP contribution >= 0.6 is 0 Å². The van der Waals surface area contributed by atoms with Gasteiger partial charge in [0, 0.05) is 12.6 Å². The number of piperidine rings is 1. The van der Waals surface area contributed by atoms with E-state index < -0.39 is 5.97 Å². The average molecular weight is 302 g/mol. The number of nitrogens with zero attached hydrogens (tertiary/aromatic N) is 1. The van der Waals surface area contributed by atoms with Crippen molar-refractivity contribution in [3.63, 3.8) is 0 Å². The number of rotatable bonds is 5. The van der Waals surface area contributed by atoms with Crippen LogP contribution in [0.5, 0.6) is 0 Å². The van der Waals surface area contributed by atoms with E-state index in [0.717, 1.165) is 18.5 Å². The Morgan fingerprint density at radius 2 is 2.09 bits per heavy atom. The van der Waals surface area contributed by atoms with Gasteiger partial charge in [0.15, 0.2) is 0 Å². The molecule has 0 aromatic heterocycles. The predicted molar refractivity (Wildman–Crippen MR) is 85.2 cm³/mol. The largest absolute Gasteiger partial charge is 0.481 e. The third-order valence-electron chi connectivity index (χ3n) is 3.84. The lowest BCUT2D eigenvalue weighted by Crippen LogP contribution is -2.44. The van der Waals surface area contributed by atoms with Crippen molar-refractivity contribution in [2.24, 2.45) is 5.92 Å². The fourth-order valence-electron chi connectivity index (χ4n) is 2.50. The van der Waals surface area contributed by atoms with Crippen molar-refractivity contribution in [1.29, 1.82) is 0 Å². The molecule has 22 heavy (non-hydrogen) atoms. The number of hydrogen-bond acceptors (Lipinski definition) is 3. The highest BCUT2D eigenvalue weighted by Crippen LogP contribution is 2.15. The number of carboxylic acids is 1. The Bertz CT molecular complexity index is 552. The fraction of sp³-hybridized carbons (Fsp3) is 0.412. The number of amides is 1. The number of likely N-dealkylation sites (tertiary alicyclic amines) is 1. The van der Waals surface area contributed by atoms with Gasteiger partial charge in [-0.15, -0.1) is 0 Å². The lowest BCUT2D eigenvalue weighted by atomic mass is 9.99. The summed E-state index contributed by atoms with van der Waals surface area (Å²) in [6.45, 7) is 3.73. The number of carboxylic acid groups (broad SMARTS) is 1. The molecule has 1 aliphatic rings. The second-order valence-electron chi connectivity index (χ2n) is 5.70. The minimum absolute atomic E-state index is 0.168. The molecule has 2 N–H and O–H groups in total. The van der Waals surface area contributed by atoms with E-state index >= 15 is 0 Å². The SMILES string of the molecule is Cc1ccc(/C=C/C(=O)NCN2CCCC(C(=O)O)C2)cc1. The van der Waals surface area contributed by atoms with Gasteiger partial charge >= 0.3 is 5.97 Å². The third-order valence-corrected chi connectivity index (χ3v) is 3.84. The number of aliphatic carboxylic acids is 1. The van der Waals surface area contributed by atoms with Gasteiger partial charge < -0.3 is 10.4 Å². The molecule has 1 heterocycles. The minimum Gasteiger partial charge on any atom is -0.481 e. The van der Waals surface area contributed by atoms with E-state index in [1.807, 2.05) is 36.1 Å². The number of hydrogen-bond donors (Lipinski definition) is 2. The first kappa shape index (κ1) is 16.2. The van der Waals surface area contributed by atoms with Gasteiger partial charge in [-0.1, -0.05) is 29.8 Å². The van der Waals surface area contributed by atoms with Crippen LogP contribution in [0.4, 0.5) is 0 Å². The average Bonchev–Trinajstić information content (AvgIpc) is 2.52. The number of benzene rings is 1. The zero-order valence-electron chi connectivity index (χ0n) is 12.8. The minimum atomic E-state index is -0.754. The van der Waals surface area contributed by atoms with E-state index in [2.05, 4.69) is 5.32 Å². The van der Waals surface area contributed by atoms with Crippen molar-refractivity contribution in [1.82, 2.24) is 10.2 Å². The molecule has 0 aliphatic carbocycles. The topological polar surface area (TPSA) is 69.6 Å². The van der Waals surface area contributed by atoms with Crippen LogP contribution in [0.25, 0.3) is 6.08 Å². The summed E-state index contributed by atoms with van der Waals surface area (Å²) in [5.41, 5.74) is 2.16. The van der Waals surface area contributed by atoms with Gasteiger partial charge in [-0.05, 0) is 37.9 Å². The van der Waals surface area contributed by atoms with Crippen molar-refractivity contribution in [3.8, 4) is 0 Å². The quantitative estimate of drug-likeness (QED) is 0.815. The summed E-state index contributed by atoms with van der Waals surface area (Å²) in [6, 6.07) is 7.91. The Balaban J connectivity index is 1.77. The molecule has 1 unspecified atom stereocenters. The molecule has 1 aliphatic heterocycles. The van der Waals surface area contributed by atoms with Crippen LogP contribution < -0.4 is 5.32 Å². The zero-order valence-corrected chi connectivity index (χ0v) is 12.8. The molecule has 1 amide bonds. The molecular weight excluding hydrogens is 280 g/mol. The Labute approximate surface area is 130 Å². The first-order valence-corrected chi connectivity index (χ1v) is 7.52. The number of carbonyl (C=O) groups is 2. The molecule has 0 saturated carbocycles. The summed E-state index contributed by atoms with van der Waals surface area (Å²) in [7, 11) is 0. The monoisotopic (exact) mass is 302 g/mol. The van der Waals surface area contributed by atoms with E-state index in [0.29, 0.717) is 19.6 Å². The summed E-state index contributed by atoms with van der Waals surface area (Å²) in [5.74, 6) is -1.25. The third kappa shape index (κ3) is 5.00. The summed E-state index contributed by atoms with van der Waals surface area (Å²) < 4.78 is 0. The Kier molecular flexibility index (Phi) is 5.72. The van der Waals surface area contributed by atoms with Crippen molar-refractivity contribution in [3.05, 3.63) is 41.5 Å². The highest BCUT2D eigenvalue weighted by atomic mass is 16.4. The predicted octanol–water partition coefficient (Wildman–Crippen LogP) is 1.88. The van der Waals surface area contributed by atoms with E-state index in [-0.39, 0.29) is 11.8 Å². The maximum atomic E-state index is 11.8. The second kappa shape index (κ2) is 7.75. The van der Waals surface area contributed by atoms with Gasteiger partial charge in [-0.2, -0.15) is 0 Å². The van der Waals surface area contributed by atoms with Gasteiger partial charge in [0.05, 0.1) is 12.6 Å². The van der Waals surface area contributed by atoms with E-state index in [9.17, 15) is 9.59 Å². The van der Waals surface area contributed by atoms with Crippen LogP contribution in [0.2, 0.25) is 0 Å². The number of aryl methyl sites for hydroxylation is 1. The highest BCUT2D eigenvalue weighted by Gasteiger charge is 2.25. The molecule has 2 rings (SSSR count). The standard InChI is InChI=1S/C17H22N2O3/c1-13-4-6-14(7-5-13)8-9-16(20)18-12-19-10-2-3-15(11-19)17(21)22/h4-9,15H,2-3,10-12H2,1H3,(H,18,20)(H,21,22)/b9-8+. The molecule has 1 aromatic carbocycles. The summed E-state index contributed by atoms with van der Waals surface area (Å²) in [6.07, 6.45) is 4.84. The second-order valence-corrected chi connectivity index (χ2v) is 5.70. The molecule has 1 aromatic rings. The molecular formula is C17H22N2O3. The van der Waals surface area contributed by atoms with Crippen LogP contribution in [-0.4, -0.2) is 41.6 Å². The van der Waals surface area contributed by atoms with Gasteiger partial charge in [-0.3, -0.25) is 14.5 Å². The van der Waals surface area contributed by atoms with E-state index in [4.69, 9.17) is 5.11 Å². The van der Waals surface area contributed by atoms with Crippen molar-refractivity contribution < 1.29 is 14.7 Å². The molecule has 1 atom stereocenters. The van der Waals surface area contributed by atoms with Crippen LogP contribution in [0.15, 0.2) is 30.3 Å². The maximum Gasteiger partial charge on any atom is 0.307 e. The molecule has 0 spiro atoms. The molecule has 5 heteroatoms. The summed E-state index contributed by atoms with van der Waals surface area (Å²) >= 11 is 0. The smallest absolute Gasteiger partial charge is 0.307 e. The molecule has 5 nitrogen and oxygen atoms in total. The van der Waals surface area contributed by atoms with Gasteiger partial charge in [0.25, 0.3) is 0 Å².